The van der Waals surface area contributed by atoms with Crippen LogP contribution in [0.3, 0.4) is 0 Å². The Morgan fingerprint density at radius 1 is 1.09 bits per heavy atom. The van der Waals surface area contributed by atoms with Crippen molar-refractivity contribution in [3.63, 3.8) is 0 Å². The molecule has 2 bridgehead atoms. The molecule has 3 heteroatoms. The summed E-state index contributed by atoms with van der Waals surface area (Å²) in [4.78, 5) is 0. The Morgan fingerprint density at radius 3 is 1.91 bits per heavy atom. The molecule has 64 valence electrons. The third kappa shape index (κ3) is 0.669. The van der Waals surface area contributed by atoms with Gasteiger partial charge in [0.1, 0.15) is 0 Å². The average molecular weight is 164 g/mol. The Bertz CT molecular complexity index is 166. The summed E-state index contributed by atoms with van der Waals surface area (Å²) in [6, 6.07) is 0. The highest BCUT2D eigenvalue weighted by molar-refractivity contribution is 5.10. The lowest BCUT2D eigenvalue weighted by atomic mass is 9.84. The number of halogens is 3. The van der Waals surface area contributed by atoms with Crippen LogP contribution in [-0.2, 0) is 0 Å². The Kier molecular flexibility index (Phi) is 1.18. The molecule has 0 radical (unpaired) electrons. The van der Waals surface area contributed by atoms with Crippen LogP contribution in [0.2, 0.25) is 0 Å². The lowest BCUT2D eigenvalue weighted by molar-refractivity contribution is -0.161. The fraction of sp³-hybridized carbons (Fsp3) is 1.00. The highest BCUT2D eigenvalue weighted by Gasteiger charge is 2.68. The van der Waals surface area contributed by atoms with Crippen molar-refractivity contribution >= 4 is 0 Å². The maximum Gasteiger partial charge on any atom is 0.284 e. The zero-order valence-electron chi connectivity index (χ0n) is 6.41. The predicted octanol–water partition coefficient (Wildman–Crippen LogP) is 2.78. The monoisotopic (exact) mass is 164 g/mol. The van der Waals surface area contributed by atoms with Crippen LogP contribution in [0.15, 0.2) is 0 Å². The van der Waals surface area contributed by atoms with Crippen molar-refractivity contribution in [3.05, 3.63) is 0 Å². The molecule has 11 heavy (non-hydrogen) atoms. The van der Waals surface area contributed by atoms with Crippen LogP contribution in [0.5, 0.6) is 0 Å². The molecule has 2 saturated carbocycles. The van der Waals surface area contributed by atoms with E-state index in [4.69, 9.17) is 0 Å². The number of fused-ring (bicyclic) bond motifs is 2. The second kappa shape index (κ2) is 1.75. The summed E-state index contributed by atoms with van der Waals surface area (Å²) in [6.07, 6.45) is 1.55. The molecule has 0 heterocycles. The maximum absolute atomic E-state index is 13.3. The van der Waals surface area contributed by atoms with Gasteiger partial charge in [-0.2, -0.15) is 0 Å². The molecule has 3 atom stereocenters. The van der Waals surface area contributed by atoms with Gasteiger partial charge in [-0.25, -0.2) is 13.2 Å². The van der Waals surface area contributed by atoms with Gasteiger partial charge in [-0.3, -0.25) is 0 Å². The highest BCUT2D eigenvalue weighted by atomic mass is 19.3. The summed E-state index contributed by atoms with van der Waals surface area (Å²) in [5, 5.41) is 0. The molecule has 0 saturated heterocycles. The van der Waals surface area contributed by atoms with Crippen LogP contribution < -0.4 is 0 Å². The number of alkyl halides is 3. The van der Waals surface area contributed by atoms with Gasteiger partial charge in [-0.1, -0.05) is 0 Å². The standard InChI is InChI=1S/C8H11F3/c1-7(9)5-2-3-6(4-5)8(7,10)11/h5-6H,2-4H2,1H3. The smallest absolute Gasteiger partial charge is 0.237 e. The fourth-order valence-electron chi connectivity index (χ4n) is 2.47. The van der Waals surface area contributed by atoms with E-state index in [0.717, 1.165) is 6.92 Å². The first kappa shape index (κ1) is 7.44. The summed E-state index contributed by atoms with van der Waals surface area (Å²) >= 11 is 0. The molecule has 0 aromatic rings. The minimum absolute atomic E-state index is 0.387. The summed E-state index contributed by atoms with van der Waals surface area (Å²) in [5.74, 6) is -4.12. The van der Waals surface area contributed by atoms with Crippen LogP contribution >= 0.6 is 0 Å². The van der Waals surface area contributed by atoms with Gasteiger partial charge < -0.3 is 0 Å². The van der Waals surface area contributed by atoms with Gasteiger partial charge in [0.2, 0.25) is 0 Å². The van der Waals surface area contributed by atoms with Crippen LogP contribution in [0, 0.1) is 11.8 Å². The quantitative estimate of drug-likeness (QED) is 0.516. The molecule has 2 rings (SSSR count). The lowest BCUT2D eigenvalue weighted by Crippen LogP contribution is -2.46. The number of rotatable bonds is 0. The third-order valence-corrected chi connectivity index (χ3v) is 3.36. The van der Waals surface area contributed by atoms with Crippen molar-refractivity contribution in [2.24, 2.45) is 11.8 Å². The van der Waals surface area contributed by atoms with Crippen molar-refractivity contribution in [2.75, 3.05) is 0 Å². The zero-order valence-corrected chi connectivity index (χ0v) is 6.41. The molecule has 2 aliphatic rings. The van der Waals surface area contributed by atoms with Gasteiger partial charge in [-0.05, 0) is 32.1 Å². The first-order valence-corrected chi connectivity index (χ1v) is 4.03. The molecule has 0 spiro atoms. The molecule has 0 amide bonds. The molecular formula is C8H11F3. The molecule has 2 fully saturated rings. The third-order valence-electron chi connectivity index (χ3n) is 3.36. The molecule has 2 aliphatic carbocycles. The van der Waals surface area contributed by atoms with E-state index in [-0.39, 0.29) is 5.92 Å². The van der Waals surface area contributed by atoms with Crippen LogP contribution in [0.1, 0.15) is 26.2 Å². The van der Waals surface area contributed by atoms with Gasteiger partial charge >= 0.3 is 0 Å². The van der Waals surface area contributed by atoms with Crippen molar-refractivity contribution < 1.29 is 13.2 Å². The Labute approximate surface area is 63.8 Å². The lowest BCUT2D eigenvalue weighted by Gasteiger charge is -2.33. The first-order chi connectivity index (χ1) is 4.96. The topological polar surface area (TPSA) is 0 Å². The van der Waals surface area contributed by atoms with Crippen molar-refractivity contribution in [2.45, 2.75) is 37.8 Å². The Hall–Kier alpha value is -0.210. The summed E-state index contributed by atoms with van der Waals surface area (Å²) in [5.41, 5.74) is -2.23. The van der Waals surface area contributed by atoms with E-state index < -0.39 is 17.5 Å². The molecule has 0 aliphatic heterocycles. The van der Waals surface area contributed by atoms with Crippen LogP contribution in [0.4, 0.5) is 13.2 Å². The molecule has 3 unspecified atom stereocenters. The molecular weight excluding hydrogens is 153 g/mol. The normalized spacial score (nSPS) is 53.5. The largest absolute Gasteiger partial charge is 0.284 e. The molecule has 0 nitrogen and oxygen atoms in total. The Balaban J connectivity index is 2.36. The van der Waals surface area contributed by atoms with Gasteiger partial charge in [-0.15, -0.1) is 0 Å². The maximum atomic E-state index is 13.3. The van der Waals surface area contributed by atoms with Gasteiger partial charge in [0.05, 0.1) is 0 Å². The predicted molar refractivity (Wildman–Crippen MR) is 35.3 cm³/mol. The van der Waals surface area contributed by atoms with Crippen LogP contribution in [0.25, 0.3) is 0 Å². The fourth-order valence-corrected chi connectivity index (χ4v) is 2.47. The van der Waals surface area contributed by atoms with E-state index in [1.807, 2.05) is 0 Å². The molecule has 0 aromatic heterocycles. The summed E-state index contributed by atoms with van der Waals surface area (Å²) in [6.45, 7) is 1.05. The van der Waals surface area contributed by atoms with E-state index in [1.165, 1.54) is 0 Å². The second-order valence-corrected chi connectivity index (χ2v) is 3.91. The number of hydrogen-bond donors (Lipinski definition) is 0. The summed E-state index contributed by atoms with van der Waals surface area (Å²) < 4.78 is 39.4. The minimum Gasteiger partial charge on any atom is -0.237 e. The summed E-state index contributed by atoms with van der Waals surface area (Å²) in [7, 11) is 0. The van der Waals surface area contributed by atoms with E-state index in [0.29, 0.717) is 19.3 Å². The highest BCUT2D eigenvalue weighted by Crippen LogP contribution is 2.61. The van der Waals surface area contributed by atoms with Crippen LogP contribution in [-0.4, -0.2) is 11.6 Å². The van der Waals surface area contributed by atoms with E-state index in [2.05, 4.69) is 0 Å². The Morgan fingerprint density at radius 2 is 1.64 bits per heavy atom. The number of hydrogen-bond acceptors (Lipinski definition) is 0. The van der Waals surface area contributed by atoms with Crippen molar-refractivity contribution in [3.8, 4) is 0 Å². The molecule has 0 aromatic carbocycles. The average Bonchev–Trinajstić information content (AvgIpc) is 2.37. The van der Waals surface area contributed by atoms with Gasteiger partial charge in [0, 0.05) is 5.92 Å². The first-order valence-electron chi connectivity index (χ1n) is 4.03. The van der Waals surface area contributed by atoms with Crippen molar-refractivity contribution in [1.82, 2.24) is 0 Å². The molecule has 0 N–H and O–H groups in total. The van der Waals surface area contributed by atoms with E-state index >= 15 is 0 Å². The SMILES string of the molecule is CC1(F)C2CCC(C2)C1(F)F. The van der Waals surface area contributed by atoms with Crippen molar-refractivity contribution in [1.29, 1.82) is 0 Å². The van der Waals surface area contributed by atoms with Gasteiger partial charge in [0.25, 0.3) is 5.92 Å². The minimum atomic E-state index is -3.06. The van der Waals surface area contributed by atoms with E-state index in [1.54, 1.807) is 0 Å². The van der Waals surface area contributed by atoms with E-state index in [9.17, 15) is 13.2 Å². The van der Waals surface area contributed by atoms with Gasteiger partial charge in [0.15, 0.2) is 5.67 Å². The zero-order chi connectivity index (χ0) is 8.28. The second-order valence-electron chi connectivity index (χ2n) is 3.91.